The van der Waals surface area contributed by atoms with Crippen molar-refractivity contribution in [2.45, 2.75) is 18.3 Å². The van der Waals surface area contributed by atoms with E-state index in [2.05, 4.69) is 30.4 Å². The van der Waals surface area contributed by atoms with E-state index in [4.69, 9.17) is 4.74 Å². The number of ether oxygens (including phenoxy) is 1. The molecule has 1 aromatic rings. The third kappa shape index (κ3) is 0.819. The molecule has 0 N–H and O–H groups in total. The largest absolute Gasteiger partial charge is 0.496 e. The van der Waals surface area contributed by atoms with Crippen LogP contribution >= 0.6 is 0 Å². The van der Waals surface area contributed by atoms with Gasteiger partial charge in [-0.05, 0) is 18.1 Å². The zero-order chi connectivity index (χ0) is 8.84. The average molecular weight is 172 g/mol. The molecule has 0 radical (unpaired) electrons. The Morgan fingerprint density at radius 3 is 2.92 bits per heavy atom. The van der Waals surface area contributed by atoms with Crippen LogP contribution in [0.15, 0.2) is 30.4 Å². The average Bonchev–Trinajstić information content (AvgIpc) is 2.77. The van der Waals surface area contributed by atoms with Crippen LogP contribution < -0.4 is 4.74 Å². The van der Waals surface area contributed by atoms with Gasteiger partial charge in [0.25, 0.3) is 0 Å². The third-order valence-electron chi connectivity index (χ3n) is 3.17. The topological polar surface area (TPSA) is 9.23 Å². The van der Waals surface area contributed by atoms with Crippen molar-refractivity contribution in [2.75, 3.05) is 7.11 Å². The molecule has 0 saturated carbocycles. The van der Waals surface area contributed by atoms with Gasteiger partial charge < -0.3 is 4.74 Å². The number of benzene rings is 1. The Balaban J connectivity index is 2.23. The predicted octanol–water partition coefficient (Wildman–Crippen LogP) is 2.84. The Morgan fingerprint density at radius 1 is 1.23 bits per heavy atom. The highest BCUT2D eigenvalue weighted by Crippen LogP contribution is 2.51. The zero-order valence-electron chi connectivity index (χ0n) is 7.66. The van der Waals surface area contributed by atoms with Crippen molar-refractivity contribution in [3.8, 4) is 5.75 Å². The zero-order valence-corrected chi connectivity index (χ0v) is 7.66. The van der Waals surface area contributed by atoms with E-state index in [1.165, 1.54) is 17.5 Å². The molecule has 1 nitrogen and oxygen atoms in total. The molecule has 0 aromatic heterocycles. The molecule has 2 unspecified atom stereocenters. The van der Waals surface area contributed by atoms with Crippen LogP contribution in [0.1, 0.15) is 29.4 Å². The van der Waals surface area contributed by atoms with Crippen molar-refractivity contribution >= 4 is 0 Å². The van der Waals surface area contributed by atoms with E-state index in [-0.39, 0.29) is 0 Å². The lowest BCUT2D eigenvalue weighted by Crippen LogP contribution is -1.96. The highest BCUT2D eigenvalue weighted by Gasteiger charge is 2.34. The fraction of sp³-hybridized carbons (Fsp3) is 0.333. The molecule has 2 atom stereocenters. The maximum absolute atomic E-state index is 5.38. The molecule has 0 spiro atoms. The second kappa shape index (κ2) is 2.38. The summed E-state index contributed by atoms with van der Waals surface area (Å²) in [4.78, 5) is 0. The van der Waals surface area contributed by atoms with E-state index in [0.717, 1.165) is 5.75 Å². The van der Waals surface area contributed by atoms with Gasteiger partial charge in [0.15, 0.2) is 0 Å². The van der Waals surface area contributed by atoms with Gasteiger partial charge in [0, 0.05) is 17.4 Å². The summed E-state index contributed by atoms with van der Waals surface area (Å²) in [5.74, 6) is 2.35. The lowest BCUT2D eigenvalue weighted by Gasteiger charge is -2.13. The summed E-state index contributed by atoms with van der Waals surface area (Å²) in [7, 11) is 1.76. The first kappa shape index (κ1) is 7.19. The fourth-order valence-corrected chi connectivity index (χ4v) is 2.60. The van der Waals surface area contributed by atoms with Crippen molar-refractivity contribution in [2.24, 2.45) is 0 Å². The highest BCUT2D eigenvalue weighted by molar-refractivity contribution is 5.54. The number of methoxy groups -OCH3 is 1. The molecule has 3 rings (SSSR count). The van der Waals surface area contributed by atoms with Crippen molar-refractivity contribution in [1.29, 1.82) is 0 Å². The molecule has 66 valence electrons. The molecule has 2 aliphatic rings. The Morgan fingerprint density at radius 2 is 2.08 bits per heavy atom. The van der Waals surface area contributed by atoms with Crippen molar-refractivity contribution in [3.63, 3.8) is 0 Å². The van der Waals surface area contributed by atoms with Crippen LogP contribution in [0, 0.1) is 0 Å². The second-order valence-corrected chi connectivity index (χ2v) is 3.80. The van der Waals surface area contributed by atoms with E-state index in [9.17, 15) is 0 Å². The van der Waals surface area contributed by atoms with Crippen LogP contribution in [0.25, 0.3) is 0 Å². The molecule has 1 heteroatoms. The first-order valence-electron chi connectivity index (χ1n) is 4.75. The van der Waals surface area contributed by atoms with E-state index in [0.29, 0.717) is 11.8 Å². The molecular formula is C12H12O. The van der Waals surface area contributed by atoms with E-state index >= 15 is 0 Å². The van der Waals surface area contributed by atoms with Gasteiger partial charge in [-0.1, -0.05) is 24.3 Å². The molecule has 0 saturated heterocycles. The minimum absolute atomic E-state index is 0.621. The van der Waals surface area contributed by atoms with Crippen molar-refractivity contribution in [1.82, 2.24) is 0 Å². The summed E-state index contributed by atoms with van der Waals surface area (Å²) in [6.45, 7) is 0. The molecule has 13 heavy (non-hydrogen) atoms. The van der Waals surface area contributed by atoms with Gasteiger partial charge in [-0.15, -0.1) is 0 Å². The molecular weight excluding hydrogens is 160 g/mol. The minimum Gasteiger partial charge on any atom is -0.496 e. The maximum atomic E-state index is 5.38. The van der Waals surface area contributed by atoms with Crippen LogP contribution in [0.5, 0.6) is 5.75 Å². The van der Waals surface area contributed by atoms with Gasteiger partial charge in [-0.2, -0.15) is 0 Å². The van der Waals surface area contributed by atoms with Crippen LogP contribution in [0.3, 0.4) is 0 Å². The van der Waals surface area contributed by atoms with E-state index < -0.39 is 0 Å². The second-order valence-electron chi connectivity index (χ2n) is 3.80. The van der Waals surface area contributed by atoms with Gasteiger partial charge in [0.2, 0.25) is 0 Å². The molecule has 0 heterocycles. The number of hydrogen-bond acceptors (Lipinski definition) is 1. The summed E-state index contributed by atoms with van der Waals surface area (Å²) in [6, 6.07) is 6.38. The molecule has 1 aromatic carbocycles. The minimum atomic E-state index is 0.621. The first-order valence-corrected chi connectivity index (χ1v) is 4.75. The molecule has 0 fully saturated rings. The van der Waals surface area contributed by atoms with Gasteiger partial charge >= 0.3 is 0 Å². The lowest BCUT2D eigenvalue weighted by molar-refractivity contribution is 0.409. The standard InChI is InChI=1S/C12H12O/c1-13-11-4-2-3-10-8-5-6-9(7-8)12(10)11/h2-6,8-9H,7H2,1H3. The quantitative estimate of drug-likeness (QED) is 0.592. The predicted molar refractivity (Wildman–Crippen MR) is 52.2 cm³/mol. The van der Waals surface area contributed by atoms with Crippen LogP contribution in [0.2, 0.25) is 0 Å². The van der Waals surface area contributed by atoms with Gasteiger partial charge in [-0.3, -0.25) is 0 Å². The Kier molecular flexibility index (Phi) is 1.32. The van der Waals surface area contributed by atoms with Gasteiger partial charge in [0.05, 0.1) is 7.11 Å². The van der Waals surface area contributed by atoms with E-state index in [1.807, 2.05) is 0 Å². The molecule has 0 aliphatic heterocycles. The van der Waals surface area contributed by atoms with Crippen LogP contribution in [0.4, 0.5) is 0 Å². The maximum Gasteiger partial charge on any atom is 0.122 e. The number of fused-ring (bicyclic) bond motifs is 5. The first-order chi connectivity index (χ1) is 6.40. The fourth-order valence-electron chi connectivity index (χ4n) is 2.60. The summed E-state index contributed by atoms with van der Waals surface area (Å²) < 4.78 is 5.38. The summed E-state index contributed by atoms with van der Waals surface area (Å²) >= 11 is 0. The lowest BCUT2D eigenvalue weighted by atomic mass is 9.96. The molecule has 2 aliphatic carbocycles. The normalized spacial score (nSPS) is 27.8. The third-order valence-corrected chi connectivity index (χ3v) is 3.17. The van der Waals surface area contributed by atoms with Crippen LogP contribution in [-0.2, 0) is 0 Å². The molecule has 0 amide bonds. The van der Waals surface area contributed by atoms with Crippen molar-refractivity contribution < 1.29 is 4.74 Å². The smallest absolute Gasteiger partial charge is 0.122 e. The highest BCUT2D eigenvalue weighted by atomic mass is 16.5. The monoisotopic (exact) mass is 172 g/mol. The number of allylic oxidation sites excluding steroid dienone is 2. The van der Waals surface area contributed by atoms with E-state index in [1.54, 1.807) is 7.11 Å². The number of hydrogen-bond donors (Lipinski definition) is 0. The summed E-state index contributed by atoms with van der Waals surface area (Å²) in [5.41, 5.74) is 2.91. The summed E-state index contributed by atoms with van der Waals surface area (Å²) in [5, 5.41) is 0. The SMILES string of the molecule is COc1cccc2c1C1C=CC2C1. The molecule has 2 bridgehead atoms. The van der Waals surface area contributed by atoms with Gasteiger partial charge in [-0.25, -0.2) is 0 Å². The van der Waals surface area contributed by atoms with Gasteiger partial charge in [0.1, 0.15) is 5.75 Å². The Bertz CT molecular complexity index is 379. The van der Waals surface area contributed by atoms with Crippen LogP contribution in [-0.4, -0.2) is 7.11 Å². The Hall–Kier alpha value is -1.24. The Labute approximate surface area is 78.0 Å². The number of rotatable bonds is 1. The van der Waals surface area contributed by atoms with Crippen molar-refractivity contribution in [3.05, 3.63) is 41.5 Å². The summed E-state index contributed by atoms with van der Waals surface area (Å²) in [6.07, 6.45) is 5.90.